The average Bonchev–Trinajstić information content (AvgIpc) is 2.67. The topological polar surface area (TPSA) is 58.9 Å². The average molecular weight is 579 g/mol. The van der Waals surface area contributed by atoms with Crippen molar-refractivity contribution in [2.24, 2.45) is 0 Å². The van der Waals surface area contributed by atoms with Crippen LogP contribution >= 0.6 is 17.0 Å². The van der Waals surface area contributed by atoms with Crippen LogP contribution in [0.1, 0.15) is 74.9 Å². The number of ether oxygens (including phenoxy) is 2. The monoisotopic (exact) mass is 576 g/mol. The van der Waals surface area contributed by atoms with E-state index in [9.17, 15) is 10.2 Å². The fraction of sp³-hybridized carbons (Fsp3) is 0.538. The number of methoxy groups -OCH3 is 2. The normalized spacial score (nSPS) is 11.2. The minimum absolute atomic E-state index is 0.0431. The Labute approximate surface area is 219 Å². The number of halogens is 2. The van der Waals surface area contributed by atoms with E-state index in [0.717, 1.165) is 33.4 Å². The van der Waals surface area contributed by atoms with Crippen molar-refractivity contribution in [3.63, 3.8) is 0 Å². The zero-order valence-electron chi connectivity index (χ0n) is 21.7. The van der Waals surface area contributed by atoms with Gasteiger partial charge in [-0.1, -0.05) is 76.9 Å². The summed E-state index contributed by atoms with van der Waals surface area (Å²) in [6.07, 6.45) is 0. The second-order valence-electron chi connectivity index (χ2n) is 10.1. The van der Waals surface area contributed by atoms with Crippen molar-refractivity contribution in [2.75, 3.05) is 14.2 Å². The van der Waals surface area contributed by atoms with Gasteiger partial charge in [-0.25, -0.2) is 0 Å². The van der Waals surface area contributed by atoms with Crippen LogP contribution in [0.15, 0.2) is 24.3 Å². The summed E-state index contributed by atoms with van der Waals surface area (Å²) >= 11 is -0.826. The molecule has 0 aliphatic rings. The van der Waals surface area contributed by atoms with E-state index >= 15 is 0 Å². The Bertz CT molecular complexity index is 801. The Morgan fingerprint density at radius 3 is 1.18 bits per heavy atom. The van der Waals surface area contributed by atoms with Gasteiger partial charge in [-0.3, -0.25) is 0 Å². The second-order valence-corrected chi connectivity index (χ2v) is 13.8. The van der Waals surface area contributed by atoms with Gasteiger partial charge in [-0.2, -0.15) is 0 Å². The standard InChI is InChI=1S/2C13H20O2.2ClH.Zr/c2*1-9-6-10(8-15-5)12(14)11(7-9)13(2,3)4;;;/h2*6-7,14H,8H2,1-5H3;2*1H;/q;;;;+2/p-2. The van der Waals surface area contributed by atoms with Gasteiger partial charge in [0.15, 0.2) is 0 Å². The summed E-state index contributed by atoms with van der Waals surface area (Å²) in [6, 6.07) is 8.01. The van der Waals surface area contributed by atoms with E-state index < -0.39 is 20.8 Å². The predicted octanol–water partition coefficient (Wildman–Crippen LogP) is 7.67. The Kier molecular flexibility index (Phi) is 14.5. The van der Waals surface area contributed by atoms with Gasteiger partial charge in [0, 0.05) is 25.3 Å². The number of aryl methyl sites for hydroxylation is 2. The molecule has 0 radical (unpaired) electrons. The van der Waals surface area contributed by atoms with Crippen LogP contribution in [0.3, 0.4) is 0 Å². The summed E-state index contributed by atoms with van der Waals surface area (Å²) in [5.41, 5.74) is 5.92. The maximum absolute atomic E-state index is 10.1. The number of phenols is 2. The van der Waals surface area contributed by atoms with Crippen LogP contribution in [0.25, 0.3) is 0 Å². The summed E-state index contributed by atoms with van der Waals surface area (Å²) in [5.74, 6) is 0.741. The quantitative estimate of drug-likeness (QED) is 0.391. The van der Waals surface area contributed by atoms with Gasteiger partial charge in [0.25, 0.3) is 0 Å². The summed E-state index contributed by atoms with van der Waals surface area (Å²) in [6.45, 7) is 17.6. The summed E-state index contributed by atoms with van der Waals surface area (Å²) in [5, 5.41) is 20.2. The van der Waals surface area contributed by atoms with E-state index in [4.69, 9.17) is 26.5 Å². The summed E-state index contributed by atoms with van der Waals surface area (Å²) in [7, 11) is 13.1. The summed E-state index contributed by atoms with van der Waals surface area (Å²) in [4.78, 5) is 0. The predicted molar refractivity (Wildman–Crippen MR) is 136 cm³/mol. The Hall–Kier alpha value is -0.577. The molecule has 0 atom stereocenters. The molecule has 2 rings (SSSR count). The van der Waals surface area contributed by atoms with Crippen LogP contribution in [-0.4, -0.2) is 24.4 Å². The molecule has 0 heterocycles. The first-order valence-electron chi connectivity index (χ1n) is 10.7. The Morgan fingerprint density at radius 1 is 0.697 bits per heavy atom. The molecule has 0 amide bonds. The molecule has 0 aliphatic carbocycles. The third-order valence-electron chi connectivity index (χ3n) is 4.88. The zero-order chi connectivity index (χ0) is 26.0. The molecule has 0 unspecified atom stereocenters. The van der Waals surface area contributed by atoms with Crippen molar-refractivity contribution in [3.8, 4) is 11.5 Å². The molecule has 33 heavy (non-hydrogen) atoms. The SMILES string of the molecule is COCc1cc(C)cc(C(C)(C)C)c1O.COCc1cc(C)cc(C(C)(C)C)c1O.[Cl][Zr][Cl]. The van der Waals surface area contributed by atoms with E-state index in [1.807, 2.05) is 38.1 Å². The molecule has 2 aromatic carbocycles. The Morgan fingerprint density at radius 2 is 0.970 bits per heavy atom. The number of hydrogen-bond donors (Lipinski definition) is 2. The van der Waals surface area contributed by atoms with E-state index in [0.29, 0.717) is 24.7 Å². The fourth-order valence-corrected chi connectivity index (χ4v) is 3.38. The number of rotatable bonds is 4. The van der Waals surface area contributed by atoms with Crippen LogP contribution in [0.5, 0.6) is 11.5 Å². The van der Waals surface area contributed by atoms with Gasteiger partial charge in [-0.05, 0) is 35.8 Å². The molecule has 0 saturated heterocycles. The van der Waals surface area contributed by atoms with Crippen molar-refractivity contribution in [1.82, 2.24) is 0 Å². The van der Waals surface area contributed by atoms with Crippen LogP contribution in [0, 0.1) is 13.8 Å². The first-order chi connectivity index (χ1) is 15.1. The van der Waals surface area contributed by atoms with Crippen molar-refractivity contribution in [3.05, 3.63) is 57.6 Å². The number of hydrogen-bond acceptors (Lipinski definition) is 4. The molecule has 2 N–H and O–H groups in total. The molecule has 0 aromatic heterocycles. The molecule has 7 heteroatoms. The van der Waals surface area contributed by atoms with Crippen LogP contribution in [-0.2, 0) is 54.4 Å². The molecule has 0 spiro atoms. The molecule has 0 bridgehead atoms. The van der Waals surface area contributed by atoms with Gasteiger partial charge < -0.3 is 19.7 Å². The Balaban J connectivity index is 0.000000555. The van der Waals surface area contributed by atoms with Crippen molar-refractivity contribution < 1.29 is 40.5 Å². The van der Waals surface area contributed by atoms with E-state index in [1.165, 1.54) is 0 Å². The minimum atomic E-state index is -0.826. The van der Waals surface area contributed by atoms with E-state index in [2.05, 4.69) is 41.5 Å². The molecule has 0 aliphatic heterocycles. The number of aromatic hydroxyl groups is 2. The molecular weight excluding hydrogens is 538 g/mol. The third kappa shape index (κ3) is 11.1. The van der Waals surface area contributed by atoms with E-state index in [1.54, 1.807) is 14.2 Å². The van der Waals surface area contributed by atoms with Crippen LogP contribution < -0.4 is 0 Å². The van der Waals surface area contributed by atoms with Crippen LogP contribution in [0.4, 0.5) is 0 Å². The van der Waals surface area contributed by atoms with Gasteiger partial charge in [0.05, 0.1) is 13.2 Å². The third-order valence-corrected chi connectivity index (χ3v) is 4.88. The van der Waals surface area contributed by atoms with E-state index in [-0.39, 0.29) is 10.8 Å². The molecule has 0 fully saturated rings. The van der Waals surface area contributed by atoms with Gasteiger partial charge in [0.1, 0.15) is 11.5 Å². The molecule has 4 nitrogen and oxygen atoms in total. The first kappa shape index (κ1) is 32.4. The number of phenolic OH excluding ortho intramolecular Hbond substituents is 2. The number of benzene rings is 2. The molecular formula is C26H40Cl2O4Zr. The molecule has 0 saturated carbocycles. The second kappa shape index (κ2) is 14.7. The first-order valence-corrected chi connectivity index (χ1v) is 17.1. The van der Waals surface area contributed by atoms with Gasteiger partial charge in [0.2, 0.25) is 0 Å². The van der Waals surface area contributed by atoms with Gasteiger partial charge >= 0.3 is 37.9 Å². The maximum atomic E-state index is 10.1. The van der Waals surface area contributed by atoms with Crippen molar-refractivity contribution in [2.45, 2.75) is 79.4 Å². The zero-order valence-corrected chi connectivity index (χ0v) is 25.7. The van der Waals surface area contributed by atoms with Gasteiger partial charge in [-0.15, -0.1) is 0 Å². The van der Waals surface area contributed by atoms with Crippen molar-refractivity contribution >= 4 is 17.0 Å². The summed E-state index contributed by atoms with van der Waals surface area (Å²) < 4.78 is 10.1. The van der Waals surface area contributed by atoms with Crippen LogP contribution in [0.2, 0.25) is 0 Å². The fourth-order valence-electron chi connectivity index (χ4n) is 3.38. The van der Waals surface area contributed by atoms with Crippen molar-refractivity contribution in [1.29, 1.82) is 0 Å². The molecule has 186 valence electrons. The molecule has 2 aromatic rings.